The highest BCUT2D eigenvalue weighted by molar-refractivity contribution is 6.31. The molecule has 3 heteroatoms. The predicted molar refractivity (Wildman–Crippen MR) is 72.6 cm³/mol. The Balaban J connectivity index is 0. The van der Waals surface area contributed by atoms with Gasteiger partial charge in [-0.15, -0.1) is 0 Å². The van der Waals surface area contributed by atoms with Crippen molar-refractivity contribution in [2.75, 3.05) is 7.11 Å². The Morgan fingerprint density at radius 3 is 2.00 bits per heavy atom. The molecule has 0 aliphatic heterocycles. The lowest BCUT2D eigenvalue weighted by atomic mass is 10.1. The van der Waals surface area contributed by atoms with E-state index in [1.807, 2.05) is 47.6 Å². The minimum Gasteiger partial charge on any atom is -0.481 e. The highest BCUT2D eigenvalue weighted by Crippen LogP contribution is 2.24. The van der Waals surface area contributed by atoms with E-state index in [4.69, 9.17) is 16.3 Å². The van der Waals surface area contributed by atoms with Gasteiger partial charge in [-0.25, -0.2) is 4.98 Å². The Bertz CT molecular complexity index is 275. The van der Waals surface area contributed by atoms with Crippen LogP contribution in [0.4, 0.5) is 0 Å². The van der Waals surface area contributed by atoms with Gasteiger partial charge < -0.3 is 4.74 Å². The third-order valence-corrected chi connectivity index (χ3v) is 1.92. The molecule has 0 saturated heterocycles. The molecule has 1 heterocycles. The summed E-state index contributed by atoms with van der Waals surface area (Å²) in [5, 5.41) is 0.700. The molecule has 16 heavy (non-hydrogen) atoms. The van der Waals surface area contributed by atoms with E-state index in [1.165, 1.54) is 0 Å². The maximum atomic E-state index is 5.93. The first-order valence-electron chi connectivity index (χ1n) is 5.85. The number of methoxy groups -OCH3 is 1. The van der Waals surface area contributed by atoms with Gasteiger partial charge in [0.25, 0.3) is 0 Å². The minimum atomic E-state index is 0.326. The van der Waals surface area contributed by atoms with Crippen LogP contribution in [0.3, 0.4) is 0 Å². The molecule has 0 radical (unpaired) electrons. The van der Waals surface area contributed by atoms with Crippen LogP contribution in [-0.2, 0) is 0 Å². The van der Waals surface area contributed by atoms with Crippen LogP contribution >= 0.6 is 11.6 Å². The zero-order valence-electron chi connectivity index (χ0n) is 11.5. The van der Waals surface area contributed by atoms with Crippen molar-refractivity contribution in [3.8, 4) is 5.88 Å². The Labute approximate surface area is 105 Å². The molecule has 2 nitrogen and oxygen atoms in total. The Morgan fingerprint density at radius 2 is 1.62 bits per heavy atom. The molecule has 0 N–H and O–H groups in total. The predicted octanol–water partition coefficient (Wildman–Crippen LogP) is 4.92. The highest BCUT2D eigenvalue weighted by atomic mass is 35.5. The molecule has 0 unspecified atom stereocenters. The maximum absolute atomic E-state index is 5.93. The van der Waals surface area contributed by atoms with Crippen LogP contribution in [0.1, 0.15) is 53.2 Å². The van der Waals surface area contributed by atoms with E-state index in [2.05, 4.69) is 4.98 Å². The van der Waals surface area contributed by atoms with E-state index in [0.29, 0.717) is 16.8 Å². The van der Waals surface area contributed by atoms with Gasteiger partial charge in [0.05, 0.1) is 17.8 Å². The van der Waals surface area contributed by atoms with Gasteiger partial charge in [-0.2, -0.15) is 0 Å². The molecule has 0 aliphatic carbocycles. The topological polar surface area (TPSA) is 22.1 Å². The molecule has 0 fully saturated rings. The number of halogens is 1. The van der Waals surface area contributed by atoms with Crippen LogP contribution in [0.5, 0.6) is 5.88 Å². The van der Waals surface area contributed by atoms with Gasteiger partial charge in [0, 0.05) is 6.07 Å². The molecular weight excluding hydrogens is 222 g/mol. The number of aromatic nitrogens is 1. The monoisotopic (exact) mass is 245 g/mol. The van der Waals surface area contributed by atoms with Crippen LogP contribution in [-0.4, -0.2) is 12.1 Å². The summed E-state index contributed by atoms with van der Waals surface area (Å²) in [6.45, 7) is 12.1. The van der Waals surface area contributed by atoms with Crippen molar-refractivity contribution in [1.29, 1.82) is 0 Å². The number of hydrogen-bond donors (Lipinski definition) is 0. The molecule has 0 spiro atoms. The van der Waals surface area contributed by atoms with Gasteiger partial charge in [-0.1, -0.05) is 53.1 Å². The van der Waals surface area contributed by atoms with E-state index in [-0.39, 0.29) is 0 Å². The van der Waals surface area contributed by atoms with E-state index < -0.39 is 0 Å². The smallest absolute Gasteiger partial charge is 0.213 e. The molecule has 0 aliphatic rings. The van der Waals surface area contributed by atoms with Crippen molar-refractivity contribution in [1.82, 2.24) is 4.98 Å². The second kappa shape index (κ2) is 10.7. The molecule has 0 saturated carbocycles. The Morgan fingerprint density at radius 1 is 1.12 bits per heavy atom. The van der Waals surface area contributed by atoms with Crippen LogP contribution < -0.4 is 4.74 Å². The first-order chi connectivity index (χ1) is 7.65. The fourth-order valence-electron chi connectivity index (χ4n) is 0.958. The summed E-state index contributed by atoms with van der Waals surface area (Å²) in [4.78, 5) is 4.24. The summed E-state index contributed by atoms with van der Waals surface area (Å²) < 4.78 is 4.99. The van der Waals surface area contributed by atoms with E-state index >= 15 is 0 Å². The summed E-state index contributed by atoms with van der Waals surface area (Å²) in [6.07, 6.45) is 0. The quantitative estimate of drug-likeness (QED) is 0.738. The van der Waals surface area contributed by atoms with Gasteiger partial charge in [0.2, 0.25) is 5.88 Å². The molecule has 1 aromatic heterocycles. The minimum absolute atomic E-state index is 0.326. The molecule has 0 aromatic carbocycles. The number of pyridine rings is 1. The van der Waals surface area contributed by atoms with Crippen LogP contribution in [0.25, 0.3) is 0 Å². The van der Waals surface area contributed by atoms with Crippen molar-refractivity contribution in [2.45, 2.75) is 47.5 Å². The first kappa shape index (κ1) is 17.6. The summed E-state index contributed by atoms with van der Waals surface area (Å²) in [5.41, 5.74) is 0.885. The summed E-state index contributed by atoms with van der Waals surface area (Å²) in [6, 6.07) is 3.57. The zero-order chi connectivity index (χ0) is 13.1. The third-order valence-electron chi connectivity index (χ3n) is 1.60. The molecule has 0 atom stereocenters. The average Bonchev–Trinajstić information content (AvgIpc) is 2.34. The van der Waals surface area contributed by atoms with Gasteiger partial charge in [-0.05, 0) is 12.0 Å². The van der Waals surface area contributed by atoms with Gasteiger partial charge in [0.1, 0.15) is 0 Å². The molecule has 1 aromatic rings. The largest absolute Gasteiger partial charge is 0.481 e. The van der Waals surface area contributed by atoms with Crippen LogP contribution in [0.2, 0.25) is 5.02 Å². The number of rotatable bonds is 2. The normalized spacial score (nSPS) is 8.56. The lowest BCUT2D eigenvalue weighted by molar-refractivity contribution is 0.395. The van der Waals surface area contributed by atoms with Gasteiger partial charge >= 0.3 is 0 Å². The molecule has 94 valence electrons. The average molecular weight is 246 g/mol. The highest BCUT2D eigenvalue weighted by Gasteiger charge is 2.07. The van der Waals surface area contributed by atoms with Crippen LogP contribution in [0, 0.1) is 0 Å². The number of nitrogens with zero attached hydrogens (tertiary/aromatic N) is 1. The molecule has 0 amide bonds. The number of ether oxygens (including phenoxy) is 1. The Kier molecular flexibility index (Phi) is 11.8. The van der Waals surface area contributed by atoms with Crippen molar-refractivity contribution in [2.24, 2.45) is 0 Å². The van der Waals surface area contributed by atoms with Crippen molar-refractivity contribution < 1.29 is 4.74 Å². The summed E-state index contributed by atoms with van der Waals surface area (Å²) in [7, 11) is 1.60. The van der Waals surface area contributed by atoms with Gasteiger partial charge in [-0.3, -0.25) is 0 Å². The standard InChI is InChI=1S/C9H12ClNO.2C2H6/c1-6(2)9-7(10)4-5-8(11-9)12-3;2*1-2/h4-6H,1-3H3;2*1-2H3. The zero-order valence-corrected chi connectivity index (χ0v) is 12.2. The van der Waals surface area contributed by atoms with E-state index in [0.717, 1.165) is 5.69 Å². The first-order valence-corrected chi connectivity index (χ1v) is 6.23. The molecular formula is C13H24ClNO. The summed E-state index contributed by atoms with van der Waals surface area (Å²) in [5.74, 6) is 0.940. The second-order valence-electron chi connectivity index (χ2n) is 2.88. The molecule has 0 bridgehead atoms. The van der Waals surface area contributed by atoms with Crippen molar-refractivity contribution >= 4 is 11.6 Å². The second-order valence-corrected chi connectivity index (χ2v) is 3.28. The van der Waals surface area contributed by atoms with Crippen LogP contribution in [0.15, 0.2) is 12.1 Å². The summed E-state index contributed by atoms with van der Waals surface area (Å²) >= 11 is 5.93. The lowest BCUT2D eigenvalue weighted by Crippen LogP contribution is -1.96. The third kappa shape index (κ3) is 5.96. The van der Waals surface area contributed by atoms with Gasteiger partial charge in [0.15, 0.2) is 0 Å². The maximum Gasteiger partial charge on any atom is 0.213 e. The fourth-order valence-corrected chi connectivity index (χ4v) is 1.28. The SMILES string of the molecule is CC.CC.COc1ccc(Cl)c(C(C)C)n1. The molecule has 1 rings (SSSR count). The number of hydrogen-bond acceptors (Lipinski definition) is 2. The van der Waals surface area contributed by atoms with Crippen molar-refractivity contribution in [3.63, 3.8) is 0 Å². The fraction of sp³-hybridized carbons (Fsp3) is 0.615. The van der Waals surface area contributed by atoms with E-state index in [9.17, 15) is 0 Å². The Hall–Kier alpha value is -0.760. The lowest BCUT2D eigenvalue weighted by Gasteiger charge is -2.07. The van der Waals surface area contributed by atoms with E-state index in [1.54, 1.807) is 13.2 Å². The van der Waals surface area contributed by atoms with Crippen molar-refractivity contribution in [3.05, 3.63) is 22.8 Å².